The molecular formula is C13H15F5N2. The molecule has 7 heteroatoms. The van der Waals surface area contributed by atoms with E-state index in [0.717, 1.165) is 0 Å². The van der Waals surface area contributed by atoms with Crippen molar-refractivity contribution < 1.29 is 22.0 Å². The van der Waals surface area contributed by atoms with Crippen molar-refractivity contribution in [3.8, 4) is 0 Å². The van der Waals surface area contributed by atoms with Gasteiger partial charge in [0, 0.05) is 19.1 Å². The number of rotatable bonds is 2. The molecule has 1 fully saturated rings. The molecule has 1 aromatic rings. The highest BCUT2D eigenvalue weighted by Gasteiger charge is 2.31. The maximum Gasteiger partial charge on any atom is 0.200 e. The summed E-state index contributed by atoms with van der Waals surface area (Å²) in [5.41, 5.74) is 4.90. The van der Waals surface area contributed by atoms with Gasteiger partial charge < -0.3 is 10.6 Å². The van der Waals surface area contributed by atoms with E-state index < -0.39 is 34.8 Å². The standard InChI is InChI=1S/C13H15F5N2/c1-6(19)7-2-4-20(5-3-7)13-11(17)9(15)8(14)10(16)12(13)18/h6-7H,2-5,19H2,1H3. The molecule has 2 rings (SSSR count). The van der Waals surface area contributed by atoms with Gasteiger partial charge in [0.05, 0.1) is 0 Å². The Morgan fingerprint density at radius 3 is 1.70 bits per heavy atom. The van der Waals surface area contributed by atoms with E-state index in [4.69, 9.17) is 5.73 Å². The Labute approximate surface area is 113 Å². The second kappa shape index (κ2) is 5.55. The molecule has 2 N–H and O–H groups in total. The van der Waals surface area contributed by atoms with Crippen LogP contribution in [0.5, 0.6) is 0 Å². The highest BCUT2D eigenvalue weighted by atomic mass is 19.2. The van der Waals surface area contributed by atoms with Gasteiger partial charge in [-0.15, -0.1) is 0 Å². The zero-order chi connectivity index (χ0) is 15.0. The van der Waals surface area contributed by atoms with Gasteiger partial charge in [0.2, 0.25) is 5.82 Å². The lowest BCUT2D eigenvalue weighted by Gasteiger charge is -2.35. The number of piperidine rings is 1. The summed E-state index contributed by atoms with van der Waals surface area (Å²) in [6, 6.07) is -0.0615. The average molecular weight is 294 g/mol. The van der Waals surface area contributed by atoms with E-state index >= 15 is 0 Å². The molecule has 0 aliphatic carbocycles. The number of halogens is 5. The molecule has 0 spiro atoms. The minimum Gasteiger partial charge on any atom is -0.367 e. The number of nitrogens with two attached hydrogens (primary N) is 1. The molecule has 1 aliphatic heterocycles. The van der Waals surface area contributed by atoms with Crippen LogP contribution in [0.3, 0.4) is 0 Å². The van der Waals surface area contributed by atoms with Crippen LogP contribution in [-0.4, -0.2) is 19.1 Å². The van der Waals surface area contributed by atoms with E-state index in [-0.39, 0.29) is 25.0 Å². The van der Waals surface area contributed by atoms with Gasteiger partial charge in [-0.1, -0.05) is 0 Å². The molecule has 1 heterocycles. The minimum absolute atomic E-state index is 0.0615. The van der Waals surface area contributed by atoms with Gasteiger partial charge in [0.25, 0.3) is 0 Å². The van der Waals surface area contributed by atoms with Gasteiger partial charge in [0.1, 0.15) is 5.69 Å². The molecular weight excluding hydrogens is 279 g/mol. The number of anilines is 1. The average Bonchev–Trinajstić information content (AvgIpc) is 2.44. The maximum atomic E-state index is 13.7. The van der Waals surface area contributed by atoms with Crippen LogP contribution in [0.15, 0.2) is 0 Å². The maximum absolute atomic E-state index is 13.7. The highest BCUT2D eigenvalue weighted by Crippen LogP contribution is 2.33. The lowest BCUT2D eigenvalue weighted by atomic mass is 9.90. The normalized spacial score (nSPS) is 18.4. The van der Waals surface area contributed by atoms with Crippen LogP contribution in [0.1, 0.15) is 19.8 Å². The number of nitrogens with zero attached hydrogens (tertiary/aromatic N) is 1. The Bertz CT molecular complexity index is 481. The molecule has 1 aliphatic rings. The van der Waals surface area contributed by atoms with Gasteiger partial charge in [-0.25, -0.2) is 22.0 Å². The van der Waals surface area contributed by atoms with Gasteiger partial charge in [-0.3, -0.25) is 0 Å². The van der Waals surface area contributed by atoms with Gasteiger partial charge in [-0.2, -0.15) is 0 Å². The van der Waals surface area contributed by atoms with Gasteiger partial charge in [0.15, 0.2) is 23.3 Å². The molecule has 0 saturated carbocycles. The van der Waals surface area contributed by atoms with Crippen LogP contribution in [0.2, 0.25) is 0 Å². The van der Waals surface area contributed by atoms with E-state index in [1.54, 1.807) is 0 Å². The fraction of sp³-hybridized carbons (Fsp3) is 0.538. The van der Waals surface area contributed by atoms with Crippen molar-refractivity contribution in [2.75, 3.05) is 18.0 Å². The Kier molecular flexibility index (Phi) is 4.17. The molecule has 1 atom stereocenters. The van der Waals surface area contributed by atoms with Crippen molar-refractivity contribution in [2.45, 2.75) is 25.8 Å². The third-order valence-electron chi connectivity index (χ3n) is 3.79. The largest absolute Gasteiger partial charge is 0.367 e. The Hall–Kier alpha value is -1.37. The summed E-state index contributed by atoms with van der Waals surface area (Å²) in [6.45, 7) is 2.26. The molecule has 0 radical (unpaired) electrons. The van der Waals surface area contributed by atoms with E-state index in [1.807, 2.05) is 6.92 Å². The van der Waals surface area contributed by atoms with Crippen LogP contribution in [0.4, 0.5) is 27.6 Å². The molecule has 0 amide bonds. The summed E-state index contributed by atoms with van der Waals surface area (Å²) in [4.78, 5) is 1.19. The molecule has 1 saturated heterocycles. The minimum atomic E-state index is -2.13. The predicted molar refractivity (Wildman–Crippen MR) is 64.8 cm³/mol. The smallest absolute Gasteiger partial charge is 0.200 e. The van der Waals surface area contributed by atoms with Crippen LogP contribution < -0.4 is 10.6 Å². The summed E-state index contributed by atoms with van der Waals surface area (Å²) in [5, 5.41) is 0. The van der Waals surface area contributed by atoms with Crippen molar-refractivity contribution in [1.29, 1.82) is 0 Å². The Balaban J connectivity index is 2.31. The van der Waals surface area contributed by atoms with Crippen molar-refractivity contribution in [3.63, 3.8) is 0 Å². The van der Waals surface area contributed by atoms with E-state index in [0.29, 0.717) is 12.8 Å². The zero-order valence-electron chi connectivity index (χ0n) is 10.9. The first-order valence-corrected chi connectivity index (χ1v) is 6.36. The SMILES string of the molecule is CC(N)C1CCN(c2c(F)c(F)c(F)c(F)c2F)CC1. The van der Waals surface area contributed by atoms with E-state index in [1.165, 1.54) is 4.90 Å². The third kappa shape index (κ3) is 2.46. The van der Waals surface area contributed by atoms with Crippen molar-refractivity contribution >= 4 is 5.69 Å². The first kappa shape index (κ1) is 15.0. The quantitative estimate of drug-likeness (QED) is 0.516. The Morgan fingerprint density at radius 1 is 0.900 bits per heavy atom. The topological polar surface area (TPSA) is 29.3 Å². The fourth-order valence-corrected chi connectivity index (χ4v) is 2.52. The third-order valence-corrected chi connectivity index (χ3v) is 3.79. The number of hydrogen-bond donors (Lipinski definition) is 1. The zero-order valence-corrected chi connectivity index (χ0v) is 10.9. The summed E-state index contributed by atoms with van der Waals surface area (Å²) < 4.78 is 66.6. The molecule has 20 heavy (non-hydrogen) atoms. The van der Waals surface area contributed by atoms with Crippen LogP contribution in [0.25, 0.3) is 0 Å². The molecule has 112 valence electrons. The summed E-state index contributed by atoms with van der Waals surface area (Å²) in [6.07, 6.45) is 1.11. The molecule has 1 unspecified atom stereocenters. The highest BCUT2D eigenvalue weighted by molar-refractivity contribution is 5.50. The second-order valence-corrected chi connectivity index (χ2v) is 5.10. The van der Waals surface area contributed by atoms with Crippen molar-refractivity contribution in [3.05, 3.63) is 29.1 Å². The van der Waals surface area contributed by atoms with Crippen molar-refractivity contribution in [1.82, 2.24) is 0 Å². The summed E-state index contributed by atoms with van der Waals surface area (Å²) >= 11 is 0. The molecule has 0 aromatic heterocycles. The monoisotopic (exact) mass is 294 g/mol. The van der Waals surface area contributed by atoms with Crippen LogP contribution in [-0.2, 0) is 0 Å². The van der Waals surface area contributed by atoms with E-state index in [2.05, 4.69) is 0 Å². The lowest BCUT2D eigenvalue weighted by Crippen LogP contribution is -2.40. The lowest BCUT2D eigenvalue weighted by molar-refractivity contribution is 0.342. The van der Waals surface area contributed by atoms with E-state index in [9.17, 15) is 22.0 Å². The Morgan fingerprint density at radius 2 is 1.30 bits per heavy atom. The summed E-state index contributed by atoms with van der Waals surface area (Å²) in [5.74, 6) is -9.32. The van der Waals surface area contributed by atoms with Crippen molar-refractivity contribution in [2.24, 2.45) is 11.7 Å². The van der Waals surface area contributed by atoms with Gasteiger partial charge >= 0.3 is 0 Å². The van der Waals surface area contributed by atoms with Crippen LogP contribution in [0, 0.1) is 35.0 Å². The van der Waals surface area contributed by atoms with Crippen LogP contribution >= 0.6 is 0 Å². The molecule has 0 bridgehead atoms. The summed E-state index contributed by atoms with van der Waals surface area (Å²) in [7, 11) is 0. The number of benzene rings is 1. The molecule has 1 aromatic carbocycles. The fourth-order valence-electron chi connectivity index (χ4n) is 2.52. The van der Waals surface area contributed by atoms with Gasteiger partial charge in [-0.05, 0) is 25.7 Å². The first-order valence-electron chi connectivity index (χ1n) is 6.36. The second-order valence-electron chi connectivity index (χ2n) is 5.10. The predicted octanol–water partition coefficient (Wildman–Crippen LogP) is 2.95. The first-order chi connectivity index (χ1) is 9.34. The number of hydrogen-bond acceptors (Lipinski definition) is 2. The molecule has 2 nitrogen and oxygen atoms in total.